The average molecular weight is 465 g/mol. The Hall–Kier alpha value is -1.97. The van der Waals surface area contributed by atoms with Crippen LogP contribution in [0.1, 0.15) is 30.4 Å². The Labute approximate surface area is 187 Å². The molecule has 0 spiro atoms. The van der Waals surface area contributed by atoms with E-state index in [2.05, 4.69) is 4.72 Å². The van der Waals surface area contributed by atoms with E-state index in [4.69, 9.17) is 16.3 Å². The van der Waals surface area contributed by atoms with Gasteiger partial charge in [-0.25, -0.2) is 0 Å². The summed E-state index contributed by atoms with van der Waals surface area (Å²) in [7, 11) is -3.99. The van der Waals surface area contributed by atoms with Gasteiger partial charge in [-0.3, -0.25) is 4.79 Å². The summed E-state index contributed by atoms with van der Waals surface area (Å²) in [6.07, 6.45) is 0.293. The number of hydrogen-bond acceptors (Lipinski definition) is 4. The van der Waals surface area contributed by atoms with Crippen molar-refractivity contribution in [2.75, 3.05) is 13.1 Å². The molecule has 2 aromatic rings. The third-order valence-corrected chi connectivity index (χ3v) is 8.12. The molecule has 0 radical (unpaired) electrons. The molecule has 9 heteroatoms. The molecule has 31 heavy (non-hydrogen) atoms. The third-order valence-electron chi connectivity index (χ3n) is 6.26. The minimum absolute atomic E-state index is 0.184. The van der Waals surface area contributed by atoms with Crippen LogP contribution in [0.15, 0.2) is 54.6 Å². The highest BCUT2D eigenvalue weighted by molar-refractivity contribution is 7.87. The molecule has 4 atom stereocenters. The molecule has 0 bridgehead atoms. The van der Waals surface area contributed by atoms with Crippen LogP contribution in [0.25, 0.3) is 0 Å². The zero-order chi connectivity index (χ0) is 22.2. The first-order valence-corrected chi connectivity index (χ1v) is 12.0. The first-order valence-electron chi connectivity index (χ1n) is 10.2. The monoisotopic (exact) mass is 464 g/mol. The fourth-order valence-corrected chi connectivity index (χ4v) is 6.22. The standard InChI is InChI=1S/C22H25ClN2O5S/c1-15-20(17-5-3-2-4-6-17)22(15,21(26)27)24-31(28,29)25-12-11-19(13-25)30-14-16-7-9-18(23)10-8-16/h2-10,15,19-20,24H,11-14H2,1H3,(H,26,27)/t15?,19?,20-,22-/m0/s1. The number of ether oxygens (including phenoxy) is 1. The molecule has 2 aromatic carbocycles. The molecular weight excluding hydrogens is 440 g/mol. The maximum atomic E-state index is 13.1. The van der Waals surface area contributed by atoms with Crippen molar-refractivity contribution in [3.63, 3.8) is 0 Å². The first kappa shape index (κ1) is 22.2. The number of aliphatic carboxylic acids is 1. The van der Waals surface area contributed by atoms with Gasteiger partial charge < -0.3 is 9.84 Å². The van der Waals surface area contributed by atoms with Gasteiger partial charge in [-0.2, -0.15) is 17.4 Å². The predicted molar refractivity (Wildman–Crippen MR) is 117 cm³/mol. The Bertz CT molecular complexity index is 1050. The Morgan fingerprint density at radius 2 is 1.90 bits per heavy atom. The summed E-state index contributed by atoms with van der Waals surface area (Å²) in [6, 6.07) is 16.4. The molecule has 2 fully saturated rings. The van der Waals surface area contributed by atoms with Gasteiger partial charge in [0.2, 0.25) is 0 Å². The maximum absolute atomic E-state index is 13.1. The van der Waals surface area contributed by atoms with Gasteiger partial charge in [-0.15, -0.1) is 0 Å². The smallest absolute Gasteiger partial charge is 0.325 e. The SMILES string of the molecule is CC1[C@@H](c2ccccc2)[C@]1(NS(=O)(=O)N1CCC(OCc2ccc(Cl)cc2)C1)C(=O)O. The number of nitrogens with zero attached hydrogens (tertiary/aromatic N) is 1. The van der Waals surface area contributed by atoms with Crippen LogP contribution in [0.3, 0.4) is 0 Å². The largest absolute Gasteiger partial charge is 0.480 e. The number of halogens is 1. The summed E-state index contributed by atoms with van der Waals surface area (Å²) in [4.78, 5) is 12.1. The van der Waals surface area contributed by atoms with Gasteiger partial charge in [-0.05, 0) is 35.6 Å². The predicted octanol–water partition coefficient (Wildman–Crippen LogP) is 3.02. The van der Waals surface area contributed by atoms with Crippen molar-refractivity contribution in [1.82, 2.24) is 9.03 Å². The Morgan fingerprint density at radius 3 is 2.55 bits per heavy atom. The highest BCUT2D eigenvalue weighted by Gasteiger charge is 2.70. The second-order valence-electron chi connectivity index (χ2n) is 8.16. The van der Waals surface area contributed by atoms with Crippen molar-refractivity contribution >= 4 is 27.8 Å². The molecule has 1 heterocycles. The minimum Gasteiger partial charge on any atom is -0.480 e. The highest BCUT2D eigenvalue weighted by atomic mass is 35.5. The van der Waals surface area contributed by atoms with E-state index in [-0.39, 0.29) is 25.1 Å². The lowest BCUT2D eigenvalue weighted by Crippen LogP contribution is -2.51. The summed E-state index contributed by atoms with van der Waals surface area (Å²) in [5, 5.41) is 10.6. The lowest BCUT2D eigenvalue weighted by molar-refractivity contribution is -0.140. The molecule has 4 rings (SSSR count). The van der Waals surface area contributed by atoms with Gasteiger partial charge in [0.05, 0.1) is 12.7 Å². The minimum atomic E-state index is -3.99. The van der Waals surface area contributed by atoms with Crippen LogP contribution in [0.5, 0.6) is 0 Å². The number of carboxylic acids is 1. The molecule has 2 unspecified atom stereocenters. The number of hydrogen-bond donors (Lipinski definition) is 2. The number of benzene rings is 2. The molecule has 0 amide bonds. The summed E-state index contributed by atoms with van der Waals surface area (Å²) in [5.74, 6) is -1.94. The van der Waals surface area contributed by atoms with Gasteiger partial charge in [0.1, 0.15) is 5.54 Å². The first-order chi connectivity index (χ1) is 14.7. The van der Waals surface area contributed by atoms with E-state index in [0.717, 1.165) is 11.1 Å². The summed E-state index contributed by atoms with van der Waals surface area (Å²) in [6.45, 7) is 2.58. The van der Waals surface area contributed by atoms with Crippen molar-refractivity contribution in [2.45, 2.75) is 37.5 Å². The molecular formula is C22H25ClN2O5S. The molecule has 2 N–H and O–H groups in total. The van der Waals surface area contributed by atoms with Crippen molar-refractivity contribution in [2.24, 2.45) is 5.92 Å². The van der Waals surface area contributed by atoms with E-state index >= 15 is 0 Å². The second kappa shape index (κ2) is 8.52. The van der Waals surface area contributed by atoms with Crippen molar-refractivity contribution < 1.29 is 23.1 Å². The molecule has 1 aliphatic heterocycles. The lowest BCUT2D eigenvalue weighted by Gasteiger charge is -2.22. The number of nitrogens with one attached hydrogen (secondary N) is 1. The molecule has 0 aromatic heterocycles. The van der Waals surface area contributed by atoms with Gasteiger partial charge in [0, 0.05) is 24.0 Å². The van der Waals surface area contributed by atoms with Crippen molar-refractivity contribution in [3.8, 4) is 0 Å². The van der Waals surface area contributed by atoms with E-state index < -0.39 is 27.6 Å². The van der Waals surface area contributed by atoms with Crippen LogP contribution >= 0.6 is 11.6 Å². The Morgan fingerprint density at radius 1 is 1.23 bits per heavy atom. The zero-order valence-electron chi connectivity index (χ0n) is 17.1. The van der Waals surface area contributed by atoms with E-state index in [9.17, 15) is 18.3 Å². The van der Waals surface area contributed by atoms with E-state index in [1.54, 1.807) is 19.1 Å². The summed E-state index contributed by atoms with van der Waals surface area (Å²) < 4.78 is 35.8. The van der Waals surface area contributed by atoms with Crippen molar-refractivity contribution in [1.29, 1.82) is 0 Å². The maximum Gasteiger partial charge on any atom is 0.325 e. The lowest BCUT2D eigenvalue weighted by atomic mass is 10.1. The Kier molecular flexibility index (Phi) is 6.11. The topological polar surface area (TPSA) is 95.9 Å². The van der Waals surface area contributed by atoms with Crippen LogP contribution in [-0.4, -0.2) is 48.5 Å². The van der Waals surface area contributed by atoms with Gasteiger partial charge >= 0.3 is 5.97 Å². The fraction of sp³-hybridized carbons (Fsp3) is 0.409. The van der Waals surface area contributed by atoms with E-state index in [1.807, 2.05) is 42.5 Å². The summed E-state index contributed by atoms with van der Waals surface area (Å²) in [5.41, 5.74) is 0.222. The molecule has 1 saturated carbocycles. The Balaban J connectivity index is 1.41. The normalized spacial score (nSPS) is 28.5. The molecule has 1 aliphatic carbocycles. The quantitative estimate of drug-likeness (QED) is 0.626. The second-order valence-corrected chi connectivity index (χ2v) is 10.3. The van der Waals surface area contributed by atoms with E-state index in [1.165, 1.54) is 4.31 Å². The molecule has 1 saturated heterocycles. The van der Waals surface area contributed by atoms with Crippen LogP contribution in [-0.2, 0) is 26.3 Å². The van der Waals surface area contributed by atoms with Gasteiger partial charge in [0.25, 0.3) is 10.2 Å². The number of carboxylic acid groups (broad SMARTS) is 1. The molecule has 7 nitrogen and oxygen atoms in total. The fourth-order valence-electron chi connectivity index (χ4n) is 4.43. The van der Waals surface area contributed by atoms with Crippen molar-refractivity contribution in [3.05, 3.63) is 70.7 Å². The highest BCUT2D eigenvalue weighted by Crippen LogP contribution is 2.58. The average Bonchev–Trinajstić information content (AvgIpc) is 3.10. The van der Waals surface area contributed by atoms with E-state index in [0.29, 0.717) is 18.1 Å². The number of rotatable bonds is 8. The van der Waals surface area contributed by atoms with Crippen LogP contribution < -0.4 is 4.72 Å². The van der Waals surface area contributed by atoms with Gasteiger partial charge in [0.15, 0.2) is 0 Å². The van der Waals surface area contributed by atoms with Crippen LogP contribution in [0, 0.1) is 5.92 Å². The molecule has 2 aliphatic rings. The number of carbonyl (C=O) groups is 1. The summed E-state index contributed by atoms with van der Waals surface area (Å²) >= 11 is 5.88. The van der Waals surface area contributed by atoms with Gasteiger partial charge in [-0.1, -0.05) is 61.0 Å². The molecule has 166 valence electrons. The van der Waals surface area contributed by atoms with Crippen LogP contribution in [0.4, 0.5) is 0 Å². The van der Waals surface area contributed by atoms with Crippen LogP contribution in [0.2, 0.25) is 5.02 Å². The third kappa shape index (κ3) is 4.36. The zero-order valence-corrected chi connectivity index (χ0v) is 18.6.